The minimum absolute atomic E-state index is 0.226. The molecular formula is C30H37N7O2S. The first-order valence-corrected chi connectivity index (χ1v) is 14.9. The van der Waals surface area contributed by atoms with E-state index in [1.165, 1.54) is 5.69 Å². The Morgan fingerprint density at radius 1 is 0.825 bits per heavy atom. The van der Waals surface area contributed by atoms with E-state index in [1.54, 1.807) is 19.1 Å². The van der Waals surface area contributed by atoms with Crippen molar-refractivity contribution < 1.29 is 8.42 Å². The first kappa shape index (κ1) is 27.8. The van der Waals surface area contributed by atoms with Crippen LogP contribution in [-0.4, -0.2) is 62.1 Å². The molecule has 4 aromatic rings. The molecule has 3 aromatic carbocycles. The molecule has 40 heavy (non-hydrogen) atoms. The van der Waals surface area contributed by atoms with Crippen molar-refractivity contribution in [1.82, 2.24) is 19.6 Å². The zero-order valence-electron chi connectivity index (χ0n) is 23.7. The number of aromatic nitrogens is 2. The molecule has 0 amide bonds. The lowest BCUT2D eigenvalue weighted by atomic mass is 10.1. The molecule has 0 radical (unpaired) electrons. The molecule has 210 valence electrons. The third-order valence-electron chi connectivity index (χ3n) is 6.78. The highest BCUT2D eigenvalue weighted by atomic mass is 32.2. The van der Waals surface area contributed by atoms with Crippen LogP contribution in [0.2, 0.25) is 0 Å². The maximum atomic E-state index is 13.1. The van der Waals surface area contributed by atoms with Crippen molar-refractivity contribution in [1.29, 1.82) is 0 Å². The third-order valence-corrected chi connectivity index (χ3v) is 8.68. The molecule has 9 nitrogen and oxygen atoms in total. The van der Waals surface area contributed by atoms with Gasteiger partial charge in [-0.3, -0.25) is 0 Å². The Labute approximate surface area is 236 Å². The van der Waals surface area contributed by atoms with Crippen LogP contribution < -0.4 is 20.3 Å². The predicted molar refractivity (Wildman–Crippen MR) is 164 cm³/mol. The number of benzene rings is 3. The van der Waals surface area contributed by atoms with Crippen LogP contribution in [0.3, 0.4) is 0 Å². The third kappa shape index (κ3) is 6.52. The number of fused-ring (bicyclic) bond motifs is 1. The van der Waals surface area contributed by atoms with Crippen molar-refractivity contribution in [2.45, 2.75) is 38.1 Å². The first-order valence-electron chi connectivity index (χ1n) is 13.5. The normalized spacial score (nSPS) is 14.9. The number of nitrogens with zero attached hydrogens (tertiary/aromatic N) is 4. The van der Waals surface area contributed by atoms with E-state index in [0.717, 1.165) is 42.8 Å². The molecule has 1 saturated heterocycles. The molecule has 0 bridgehead atoms. The number of anilines is 5. The molecule has 1 aliphatic heterocycles. The highest BCUT2D eigenvalue weighted by Gasteiger charge is 2.24. The topological polar surface area (TPSA) is 102 Å². The van der Waals surface area contributed by atoms with Crippen molar-refractivity contribution in [3.63, 3.8) is 0 Å². The Hall–Kier alpha value is -3.73. The van der Waals surface area contributed by atoms with Crippen LogP contribution in [0, 0.1) is 6.92 Å². The number of para-hydroxylation sites is 1. The number of hydrogen-bond donors (Lipinski definition) is 3. The molecule has 0 spiro atoms. The molecule has 3 N–H and O–H groups in total. The second-order valence-corrected chi connectivity index (χ2v) is 13.0. The fourth-order valence-corrected chi connectivity index (χ4v) is 6.43. The van der Waals surface area contributed by atoms with E-state index in [2.05, 4.69) is 44.3 Å². The number of sulfonamides is 1. The fourth-order valence-electron chi connectivity index (χ4n) is 4.74. The molecule has 1 aromatic heterocycles. The van der Waals surface area contributed by atoms with Crippen LogP contribution in [0.15, 0.2) is 71.6 Å². The molecule has 1 fully saturated rings. The van der Waals surface area contributed by atoms with Gasteiger partial charge in [0.2, 0.25) is 16.0 Å². The van der Waals surface area contributed by atoms with Gasteiger partial charge in [0.15, 0.2) is 0 Å². The zero-order valence-corrected chi connectivity index (χ0v) is 24.5. The van der Waals surface area contributed by atoms with Crippen molar-refractivity contribution in [2.24, 2.45) is 0 Å². The number of likely N-dealkylation sites (N-methyl/N-ethyl adjacent to an activating group) is 1. The van der Waals surface area contributed by atoms with Crippen molar-refractivity contribution in [2.75, 3.05) is 48.8 Å². The van der Waals surface area contributed by atoms with Crippen LogP contribution in [0.1, 0.15) is 26.3 Å². The Kier molecular flexibility index (Phi) is 7.67. The van der Waals surface area contributed by atoms with Gasteiger partial charge in [-0.2, -0.15) is 4.98 Å². The van der Waals surface area contributed by atoms with Gasteiger partial charge in [-0.25, -0.2) is 18.1 Å². The SMILES string of the molecule is Cc1ccc(Nc2nc(Nc3ccc(N4CCN(C)CC4)cc3)nc3ccccc23)cc1S(=O)(=O)NC(C)(C)C. The van der Waals surface area contributed by atoms with Crippen molar-refractivity contribution in [3.05, 3.63) is 72.3 Å². The smallest absolute Gasteiger partial charge is 0.241 e. The summed E-state index contributed by atoms with van der Waals surface area (Å²) in [6.07, 6.45) is 0. The number of aryl methyl sites for hydroxylation is 1. The van der Waals surface area contributed by atoms with Crippen LogP contribution >= 0.6 is 0 Å². The van der Waals surface area contributed by atoms with Gasteiger partial charge in [0.05, 0.1) is 10.4 Å². The zero-order chi connectivity index (χ0) is 28.5. The second kappa shape index (κ2) is 11.0. The van der Waals surface area contributed by atoms with Gasteiger partial charge >= 0.3 is 0 Å². The van der Waals surface area contributed by atoms with Crippen molar-refractivity contribution >= 4 is 49.8 Å². The average molecular weight is 560 g/mol. The predicted octanol–water partition coefficient (Wildman–Crippen LogP) is 5.25. The van der Waals surface area contributed by atoms with Gasteiger partial charge in [0.1, 0.15) is 5.82 Å². The van der Waals surface area contributed by atoms with Crippen LogP contribution in [0.4, 0.5) is 28.8 Å². The summed E-state index contributed by atoms with van der Waals surface area (Å²) in [6, 6.07) is 21.4. The summed E-state index contributed by atoms with van der Waals surface area (Å²) in [6.45, 7) is 11.4. The Morgan fingerprint density at radius 3 is 2.20 bits per heavy atom. The molecule has 2 heterocycles. The van der Waals surface area contributed by atoms with Gasteiger partial charge in [0.25, 0.3) is 0 Å². The minimum Gasteiger partial charge on any atom is -0.369 e. The first-order chi connectivity index (χ1) is 19.0. The second-order valence-electron chi connectivity index (χ2n) is 11.3. The van der Waals surface area contributed by atoms with E-state index in [-0.39, 0.29) is 4.90 Å². The quantitative estimate of drug-likeness (QED) is 0.282. The summed E-state index contributed by atoms with van der Waals surface area (Å²) in [5, 5.41) is 7.50. The highest BCUT2D eigenvalue weighted by molar-refractivity contribution is 7.89. The fraction of sp³-hybridized carbons (Fsp3) is 0.333. The van der Waals surface area contributed by atoms with Gasteiger partial charge in [0, 0.05) is 54.2 Å². The summed E-state index contributed by atoms with van der Waals surface area (Å²) in [5.41, 5.74) is 3.54. The van der Waals surface area contributed by atoms with Crippen LogP contribution in [-0.2, 0) is 10.0 Å². The van der Waals surface area contributed by atoms with E-state index in [9.17, 15) is 8.42 Å². The van der Waals surface area contributed by atoms with E-state index in [1.807, 2.05) is 63.2 Å². The Bertz CT molecular complexity index is 1610. The molecule has 1 aliphatic rings. The Balaban J connectivity index is 1.41. The molecule has 10 heteroatoms. The van der Waals surface area contributed by atoms with E-state index < -0.39 is 15.6 Å². The number of piperazine rings is 1. The van der Waals surface area contributed by atoms with Crippen molar-refractivity contribution in [3.8, 4) is 0 Å². The Morgan fingerprint density at radius 2 is 1.50 bits per heavy atom. The standard InChI is InChI=1S/C30H37N7O2S/c1-21-10-11-23(20-27(21)40(38,39)35-30(2,3)4)31-28-25-8-6-7-9-26(25)33-29(34-28)32-22-12-14-24(15-13-22)37-18-16-36(5)17-19-37/h6-15,20,35H,16-19H2,1-5H3,(H2,31,32,33,34). The lowest BCUT2D eigenvalue weighted by molar-refractivity contribution is 0.313. The summed E-state index contributed by atoms with van der Waals surface area (Å²) in [4.78, 5) is 14.5. The molecule has 0 aliphatic carbocycles. The van der Waals surface area contributed by atoms with E-state index in [4.69, 9.17) is 9.97 Å². The molecule has 0 unspecified atom stereocenters. The van der Waals surface area contributed by atoms with Crippen LogP contribution in [0.25, 0.3) is 10.9 Å². The lowest BCUT2D eigenvalue weighted by Gasteiger charge is -2.34. The lowest BCUT2D eigenvalue weighted by Crippen LogP contribution is -2.44. The van der Waals surface area contributed by atoms with E-state index in [0.29, 0.717) is 23.0 Å². The largest absolute Gasteiger partial charge is 0.369 e. The number of rotatable bonds is 7. The van der Waals surface area contributed by atoms with Crippen LogP contribution in [0.5, 0.6) is 0 Å². The summed E-state index contributed by atoms with van der Waals surface area (Å²) in [7, 11) is -1.56. The summed E-state index contributed by atoms with van der Waals surface area (Å²) >= 11 is 0. The molecule has 0 saturated carbocycles. The molecular weight excluding hydrogens is 522 g/mol. The summed E-state index contributed by atoms with van der Waals surface area (Å²) < 4.78 is 28.9. The van der Waals surface area contributed by atoms with Gasteiger partial charge in [-0.15, -0.1) is 0 Å². The minimum atomic E-state index is -3.71. The monoisotopic (exact) mass is 559 g/mol. The maximum absolute atomic E-state index is 13.1. The molecule has 5 rings (SSSR count). The molecule has 0 atom stereocenters. The van der Waals surface area contributed by atoms with Gasteiger partial charge in [-0.05, 0) is 88.8 Å². The number of nitrogens with one attached hydrogen (secondary N) is 3. The van der Waals surface area contributed by atoms with E-state index >= 15 is 0 Å². The summed E-state index contributed by atoms with van der Waals surface area (Å²) in [5.74, 6) is 1.03. The average Bonchev–Trinajstić information content (AvgIpc) is 2.89. The maximum Gasteiger partial charge on any atom is 0.241 e. The highest BCUT2D eigenvalue weighted by Crippen LogP contribution is 2.29. The van der Waals surface area contributed by atoms with Gasteiger partial charge < -0.3 is 20.4 Å². The van der Waals surface area contributed by atoms with Gasteiger partial charge in [-0.1, -0.05) is 18.2 Å². The number of hydrogen-bond acceptors (Lipinski definition) is 8.